The van der Waals surface area contributed by atoms with E-state index in [0.29, 0.717) is 11.3 Å². The van der Waals surface area contributed by atoms with Crippen LogP contribution in [0.4, 0.5) is 0 Å². The van der Waals surface area contributed by atoms with Crippen molar-refractivity contribution >= 4 is 19.9 Å². The van der Waals surface area contributed by atoms with Crippen molar-refractivity contribution in [1.29, 1.82) is 0 Å². The number of aliphatic hydroxyl groups is 1. The Morgan fingerprint density at radius 3 is 2.31 bits per heavy atom. The summed E-state index contributed by atoms with van der Waals surface area (Å²) in [5.74, 6) is -0.437. The van der Waals surface area contributed by atoms with Crippen LogP contribution in [0.5, 0.6) is 11.5 Å². The van der Waals surface area contributed by atoms with Crippen LogP contribution < -0.4 is 9.47 Å². The number of hydrogen-bond acceptors (Lipinski definition) is 7. The van der Waals surface area contributed by atoms with Crippen LogP contribution in [-0.2, 0) is 26.4 Å². The summed E-state index contributed by atoms with van der Waals surface area (Å²) >= 11 is 0. The van der Waals surface area contributed by atoms with Crippen LogP contribution in [0.3, 0.4) is 0 Å². The van der Waals surface area contributed by atoms with Gasteiger partial charge in [0, 0.05) is 12.6 Å². The highest BCUT2D eigenvalue weighted by atomic mass is 32.2. The van der Waals surface area contributed by atoms with Crippen molar-refractivity contribution in [3.05, 3.63) is 54.1 Å². The molecule has 1 N–H and O–H groups in total. The molecule has 158 valence electrons. The van der Waals surface area contributed by atoms with Gasteiger partial charge < -0.3 is 14.6 Å². The number of ether oxygens (including phenoxy) is 2. The predicted octanol–water partition coefficient (Wildman–Crippen LogP) is 1.05. The van der Waals surface area contributed by atoms with Gasteiger partial charge in [0.1, 0.15) is 16.4 Å². The largest absolute Gasteiger partial charge is 0.497 e. The molecular formula is C19H23NO7S2. The summed E-state index contributed by atoms with van der Waals surface area (Å²) in [6.07, 6.45) is -1.32. The van der Waals surface area contributed by atoms with Crippen LogP contribution in [-0.4, -0.2) is 64.1 Å². The summed E-state index contributed by atoms with van der Waals surface area (Å²) in [6.45, 7) is -0.0877. The topological polar surface area (TPSA) is 110 Å². The normalized spacial score (nSPS) is 21.2. The van der Waals surface area contributed by atoms with Gasteiger partial charge in [0.15, 0.2) is 9.84 Å². The summed E-state index contributed by atoms with van der Waals surface area (Å²) in [5.41, 5.74) is 0.667. The zero-order valence-corrected chi connectivity index (χ0v) is 17.7. The fraction of sp³-hybridized carbons (Fsp3) is 0.368. The SMILES string of the molecule is COc1ccc(S(=O)(=O)N(Cc2ccccc2)[C@H]2CS(=O)(=O)C[C@H]2O)c(OC)c1. The van der Waals surface area contributed by atoms with Crippen molar-refractivity contribution < 1.29 is 31.4 Å². The average Bonchev–Trinajstić information content (AvgIpc) is 2.98. The molecule has 2 aromatic rings. The highest BCUT2D eigenvalue weighted by Crippen LogP contribution is 2.34. The Morgan fingerprint density at radius 1 is 1.07 bits per heavy atom. The Balaban J connectivity index is 2.10. The van der Waals surface area contributed by atoms with E-state index in [1.54, 1.807) is 30.3 Å². The third-order valence-electron chi connectivity index (χ3n) is 4.80. The van der Waals surface area contributed by atoms with E-state index in [4.69, 9.17) is 9.47 Å². The van der Waals surface area contributed by atoms with Gasteiger partial charge >= 0.3 is 0 Å². The number of aliphatic hydroxyl groups excluding tert-OH is 1. The van der Waals surface area contributed by atoms with E-state index in [1.807, 2.05) is 0 Å². The third kappa shape index (κ3) is 4.55. The van der Waals surface area contributed by atoms with Crippen LogP contribution in [0.2, 0.25) is 0 Å². The average molecular weight is 442 g/mol. The second kappa shape index (κ2) is 8.31. The molecule has 2 atom stereocenters. The second-order valence-electron chi connectivity index (χ2n) is 6.76. The molecule has 3 rings (SSSR count). The maximum Gasteiger partial charge on any atom is 0.247 e. The van der Waals surface area contributed by atoms with Crippen molar-refractivity contribution in [1.82, 2.24) is 4.31 Å². The first-order chi connectivity index (χ1) is 13.7. The Morgan fingerprint density at radius 2 is 1.76 bits per heavy atom. The maximum atomic E-state index is 13.6. The standard InChI is InChI=1S/C19H23NO7S2/c1-26-15-8-9-19(18(10-15)27-2)29(24,25)20(11-14-6-4-3-5-7-14)16-12-28(22,23)13-17(16)21/h3-10,16-17,21H,11-13H2,1-2H3/t16-,17+/m0/s1. The highest BCUT2D eigenvalue weighted by molar-refractivity contribution is 7.92. The molecule has 0 amide bonds. The lowest BCUT2D eigenvalue weighted by atomic mass is 10.2. The summed E-state index contributed by atoms with van der Waals surface area (Å²) in [5, 5.41) is 10.4. The fourth-order valence-electron chi connectivity index (χ4n) is 3.34. The van der Waals surface area contributed by atoms with E-state index in [1.165, 1.54) is 32.4 Å². The van der Waals surface area contributed by atoms with Crippen LogP contribution in [0.1, 0.15) is 5.56 Å². The van der Waals surface area contributed by atoms with Crippen LogP contribution >= 0.6 is 0 Å². The molecular weight excluding hydrogens is 418 g/mol. The van der Waals surface area contributed by atoms with Crippen molar-refractivity contribution in [2.75, 3.05) is 25.7 Å². The van der Waals surface area contributed by atoms with Crippen molar-refractivity contribution in [2.45, 2.75) is 23.6 Å². The molecule has 0 spiro atoms. The highest BCUT2D eigenvalue weighted by Gasteiger charge is 2.45. The molecule has 0 radical (unpaired) electrons. The van der Waals surface area contributed by atoms with Gasteiger partial charge in [0.25, 0.3) is 0 Å². The number of rotatable bonds is 7. The summed E-state index contributed by atoms with van der Waals surface area (Å²) < 4.78 is 62.6. The first kappa shape index (κ1) is 21.6. The first-order valence-corrected chi connectivity index (χ1v) is 12.1. The smallest absolute Gasteiger partial charge is 0.247 e. The van der Waals surface area contributed by atoms with E-state index in [0.717, 1.165) is 4.31 Å². The van der Waals surface area contributed by atoms with Crippen molar-refractivity contribution in [3.8, 4) is 11.5 Å². The molecule has 0 bridgehead atoms. The van der Waals surface area contributed by atoms with Gasteiger partial charge in [-0.1, -0.05) is 30.3 Å². The van der Waals surface area contributed by atoms with Gasteiger partial charge in [-0.2, -0.15) is 4.31 Å². The van der Waals surface area contributed by atoms with Gasteiger partial charge in [-0.15, -0.1) is 0 Å². The molecule has 1 saturated heterocycles. The monoisotopic (exact) mass is 441 g/mol. The number of hydrogen-bond donors (Lipinski definition) is 1. The van der Waals surface area contributed by atoms with Crippen molar-refractivity contribution in [2.24, 2.45) is 0 Å². The Labute approximate surface area is 170 Å². The molecule has 1 heterocycles. The molecule has 10 heteroatoms. The van der Waals surface area contributed by atoms with Gasteiger partial charge in [0.2, 0.25) is 10.0 Å². The number of methoxy groups -OCH3 is 2. The Hall–Kier alpha value is -2.14. The lowest BCUT2D eigenvalue weighted by Gasteiger charge is -2.30. The predicted molar refractivity (Wildman–Crippen MR) is 107 cm³/mol. The summed E-state index contributed by atoms with van der Waals surface area (Å²) in [7, 11) is -4.98. The molecule has 0 saturated carbocycles. The van der Waals surface area contributed by atoms with Gasteiger partial charge in [-0.3, -0.25) is 0 Å². The molecule has 1 aliphatic heterocycles. The molecule has 0 aliphatic carbocycles. The second-order valence-corrected chi connectivity index (χ2v) is 10.8. The molecule has 0 unspecified atom stereocenters. The number of nitrogens with zero attached hydrogens (tertiary/aromatic N) is 1. The summed E-state index contributed by atoms with van der Waals surface area (Å²) in [4.78, 5) is -0.131. The van der Waals surface area contributed by atoms with E-state index in [9.17, 15) is 21.9 Å². The zero-order chi connectivity index (χ0) is 21.2. The van der Waals surface area contributed by atoms with Crippen LogP contribution in [0.15, 0.2) is 53.4 Å². The first-order valence-electron chi connectivity index (χ1n) is 8.84. The minimum absolute atomic E-state index is 0.0674. The van der Waals surface area contributed by atoms with Gasteiger partial charge in [-0.25, -0.2) is 16.8 Å². The van der Waals surface area contributed by atoms with Gasteiger partial charge in [-0.05, 0) is 17.7 Å². The van der Waals surface area contributed by atoms with Crippen molar-refractivity contribution in [3.63, 3.8) is 0 Å². The van der Waals surface area contributed by atoms with E-state index < -0.39 is 43.5 Å². The third-order valence-corrected chi connectivity index (χ3v) is 8.41. The maximum absolute atomic E-state index is 13.6. The molecule has 1 aliphatic rings. The number of sulfone groups is 1. The molecule has 0 aromatic heterocycles. The number of sulfonamides is 1. The van der Waals surface area contributed by atoms with Crippen LogP contribution in [0, 0.1) is 0 Å². The molecule has 2 aromatic carbocycles. The number of benzene rings is 2. The van der Waals surface area contributed by atoms with E-state index in [2.05, 4.69) is 0 Å². The molecule has 1 fully saturated rings. The van der Waals surface area contributed by atoms with Gasteiger partial charge in [0.05, 0.1) is 37.9 Å². The summed E-state index contributed by atoms with van der Waals surface area (Å²) in [6, 6.07) is 12.0. The molecule has 8 nitrogen and oxygen atoms in total. The zero-order valence-electron chi connectivity index (χ0n) is 16.1. The Kier molecular flexibility index (Phi) is 6.18. The van der Waals surface area contributed by atoms with E-state index >= 15 is 0 Å². The minimum Gasteiger partial charge on any atom is -0.497 e. The quantitative estimate of drug-likeness (QED) is 0.684. The molecule has 29 heavy (non-hydrogen) atoms. The lowest BCUT2D eigenvalue weighted by Crippen LogP contribution is -2.46. The lowest BCUT2D eigenvalue weighted by molar-refractivity contribution is 0.125. The Bertz CT molecular complexity index is 1070. The van der Waals surface area contributed by atoms with Crippen LogP contribution in [0.25, 0.3) is 0 Å². The minimum atomic E-state index is -4.21. The van der Waals surface area contributed by atoms with E-state index in [-0.39, 0.29) is 17.2 Å². The fourth-order valence-corrected chi connectivity index (χ4v) is 7.02.